The van der Waals surface area contributed by atoms with Gasteiger partial charge >= 0.3 is 0 Å². The van der Waals surface area contributed by atoms with Crippen LogP contribution in [0.3, 0.4) is 0 Å². The smallest absolute Gasteiger partial charge is 0.237 e. The fraction of sp³-hybridized carbons (Fsp3) is 0.714. The minimum absolute atomic E-state index is 0.0190. The fourth-order valence-electron chi connectivity index (χ4n) is 4.50. The van der Waals surface area contributed by atoms with Crippen molar-refractivity contribution in [2.75, 3.05) is 0 Å². The Hall–Kier alpha value is -1.64. The van der Waals surface area contributed by atoms with Crippen molar-refractivity contribution in [3.05, 3.63) is 37.1 Å². The maximum absolute atomic E-state index is 13.5. The van der Waals surface area contributed by atoms with Crippen LogP contribution >= 0.6 is 0 Å². The molecule has 0 spiro atoms. The maximum atomic E-state index is 13.5. The number of imide groups is 1. The Balaban J connectivity index is 3.25. The Labute approximate surface area is 192 Å². The van der Waals surface area contributed by atoms with Crippen LogP contribution in [-0.4, -0.2) is 16.7 Å². The molecule has 1 aliphatic heterocycles. The molecule has 0 aromatic carbocycles. The number of rotatable bonds is 9. The number of likely N-dealkylation sites (tertiary alicyclic amines) is 1. The highest BCUT2D eigenvalue weighted by molar-refractivity contribution is 6.05. The van der Waals surface area contributed by atoms with Crippen LogP contribution in [0.15, 0.2) is 37.1 Å². The SMILES string of the molecule is C=C/C=C(\C=C)N1C(=O)CC(C(CC(C)(C)C(C)(C)CCC(C)(C)C)C(C)(C)C)C1=O. The van der Waals surface area contributed by atoms with Crippen LogP contribution in [0.5, 0.6) is 0 Å². The van der Waals surface area contributed by atoms with Crippen LogP contribution in [0.4, 0.5) is 0 Å². The summed E-state index contributed by atoms with van der Waals surface area (Å²) in [5.41, 5.74) is 0.855. The zero-order chi connectivity index (χ0) is 24.4. The normalized spacial score (nSPS) is 20.3. The number of amides is 2. The largest absolute Gasteiger partial charge is 0.274 e. The van der Waals surface area contributed by atoms with Gasteiger partial charge in [-0.2, -0.15) is 0 Å². The molecule has 0 aliphatic carbocycles. The van der Waals surface area contributed by atoms with E-state index in [9.17, 15) is 9.59 Å². The summed E-state index contributed by atoms with van der Waals surface area (Å²) < 4.78 is 0. The van der Waals surface area contributed by atoms with E-state index in [0.717, 1.165) is 19.3 Å². The molecule has 176 valence electrons. The lowest BCUT2D eigenvalue weighted by Crippen LogP contribution is -2.42. The van der Waals surface area contributed by atoms with Crippen LogP contribution in [0.1, 0.15) is 94.9 Å². The lowest BCUT2D eigenvalue weighted by atomic mass is 9.57. The molecular formula is C28H47NO2. The first-order valence-corrected chi connectivity index (χ1v) is 11.7. The van der Waals surface area contributed by atoms with Crippen molar-refractivity contribution in [1.29, 1.82) is 0 Å². The Bertz CT molecular complexity index is 725. The Morgan fingerprint density at radius 1 is 0.968 bits per heavy atom. The first-order chi connectivity index (χ1) is 13.9. The number of carbonyl (C=O) groups is 2. The molecule has 1 heterocycles. The third-order valence-corrected chi connectivity index (χ3v) is 7.60. The Morgan fingerprint density at radius 2 is 1.52 bits per heavy atom. The molecule has 0 aromatic rings. The average molecular weight is 430 g/mol. The highest BCUT2D eigenvalue weighted by atomic mass is 16.2. The summed E-state index contributed by atoms with van der Waals surface area (Å²) in [5.74, 6) is -0.436. The van der Waals surface area contributed by atoms with E-state index >= 15 is 0 Å². The molecular weight excluding hydrogens is 382 g/mol. The molecule has 1 saturated heterocycles. The van der Waals surface area contributed by atoms with E-state index in [-0.39, 0.29) is 46.3 Å². The van der Waals surface area contributed by atoms with Gasteiger partial charge in [-0.25, -0.2) is 0 Å². The van der Waals surface area contributed by atoms with Gasteiger partial charge in [-0.1, -0.05) is 88.5 Å². The van der Waals surface area contributed by atoms with Crippen LogP contribution in [0.25, 0.3) is 0 Å². The third kappa shape index (κ3) is 6.67. The summed E-state index contributed by atoms with van der Waals surface area (Å²) >= 11 is 0. The van der Waals surface area contributed by atoms with E-state index in [1.54, 1.807) is 18.2 Å². The zero-order valence-electron chi connectivity index (χ0n) is 21.9. The molecule has 2 unspecified atom stereocenters. The van der Waals surface area contributed by atoms with Gasteiger partial charge < -0.3 is 0 Å². The number of nitrogens with zero attached hydrogens (tertiary/aromatic N) is 1. The predicted molar refractivity (Wildman–Crippen MR) is 132 cm³/mol. The van der Waals surface area contributed by atoms with E-state index in [1.165, 1.54) is 4.90 Å². The lowest BCUT2D eigenvalue weighted by molar-refractivity contribution is -0.138. The summed E-state index contributed by atoms with van der Waals surface area (Å²) in [4.78, 5) is 27.6. The van der Waals surface area contributed by atoms with Crippen molar-refractivity contribution in [3.63, 3.8) is 0 Å². The maximum Gasteiger partial charge on any atom is 0.237 e. The van der Waals surface area contributed by atoms with Gasteiger partial charge in [0.25, 0.3) is 0 Å². The summed E-state index contributed by atoms with van der Waals surface area (Å²) in [7, 11) is 0. The van der Waals surface area contributed by atoms with Crippen molar-refractivity contribution in [3.8, 4) is 0 Å². The molecule has 1 rings (SSSR count). The number of hydrogen-bond acceptors (Lipinski definition) is 2. The lowest BCUT2D eigenvalue weighted by Gasteiger charge is -2.48. The molecule has 2 atom stereocenters. The minimum atomic E-state index is -0.307. The van der Waals surface area contributed by atoms with Crippen LogP contribution < -0.4 is 0 Å². The van der Waals surface area contributed by atoms with Crippen molar-refractivity contribution in [2.24, 2.45) is 33.5 Å². The van der Waals surface area contributed by atoms with Crippen LogP contribution in [0, 0.1) is 33.5 Å². The van der Waals surface area contributed by atoms with Gasteiger partial charge in [0, 0.05) is 6.42 Å². The molecule has 1 aliphatic rings. The van der Waals surface area contributed by atoms with Crippen molar-refractivity contribution >= 4 is 11.8 Å². The van der Waals surface area contributed by atoms with Crippen molar-refractivity contribution < 1.29 is 9.59 Å². The van der Waals surface area contributed by atoms with Crippen LogP contribution in [0.2, 0.25) is 0 Å². The topological polar surface area (TPSA) is 37.4 Å². The summed E-state index contributed by atoms with van der Waals surface area (Å²) in [6.07, 6.45) is 8.29. The average Bonchev–Trinajstić information content (AvgIpc) is 2.88. The summed E-state index contributed by atoms with van der Waals surface area (Å²) in [5, 5.41) is 0. The third-order valence-electron chi connectivity index (χ3n) is 7.60. The van der Waals surface area contributed by atoms with Gasteiger partial charge in [-0.15, -0.1) is 0 Å². The van der Waals surface area contributed by atoms with E-state index in [2.05, 4.69) is 82.4 Å². The van der Waals surface area contributed by atoms with Gasteiger partial charge in [-0.05, 0) is 59.0 Å². The monoisotopic (exact) mass is 429 g/mol. The summed E-state index contributed by atoms with van der Waals surface area (Å²) in [6.45, 7) is 30.3. The van der Waals surface area contributed by atoms with E-state index in [1.807, 2.05) is 0 Å². The summed E-state index contributed by atoms with van der Waals surface area (Å²) in [6, 6.07) is 0. The molecule has 3 nitrogen and oxygen atoms in total. The molecule has 0 aromatic heterocycles. The van der Waals surface area contributed by atoms with Gasteiger partial charge in [0.15, 0.2) is 0 Å². The van der Waals surface area contributed by atoms with Gasteiger partial charge in [-0.3, -0.25) is 14.5 Å². The second-order valence-electron chi connectivity index (χ2n) is 12.9. The van der Waals surface area contributed by atoms with Gasteiger partial charge in [0.2, 0.25) is 11.8 Å². The zero-order valence-corrected chi connectivity index (χ0v) is 21.9. The predicted octanol–water partition coefficient (Wildman–Crippen LogP) is 7.55. The fourth-order valence-corrected chi connectivity index (χ4v) is 4.50. The highest BCUT2D eigenvalue weighted by Crippen LogP contribution is 2.53. The second-order valence-corrected chi connectivity index (χ2v) is 12.9. The minimum Gasteiger partial charge on any atom is -0.274 e. The molecule has 31 heavy (non-hydrogen) atoms. The van der Waals surface area contributed by atoms with Gasteiger partial charge in [0.1, 0.15) is 0 Å². The molecule has 2 amide bonds. The second kappa shape index (κ2) is 9.46. The van der Waals surface area contributed by atoms with Crippen molar-refractivity contribution in [2.45, 2.75) is 94.9 Å². The standard InChI is InChI=1S/C28H47NO2/c1-13-15-20(14-2)29-23(30)18-21(24(29)31)22(26(6,7)8)19-28(11,12)27(9,10)17-16-25(3,4)5/h13-15,21-22H,1-2,16-19H2,3-12H3/b20-15+. The van der Waals surface area contributed by atoms with Gasteiger partial charge in [0.05, 0.1) is 11.6 Å². The highest BCUT2D eigenvalue weighted by Gasteiger charge is 2.50. The molecule has 0 radical (unpaired) electrons. The van der Waals surface area contributed by atoms with Crippen molar-refractivity contribution in [1.82, 2.24) is 4.90 Å². The molecule has 0 saturated carbocycles. The molecule has 0 bridgehead atoms. The molecule has 0 N–H and O–H groups in total. The quantitative estimate of drug-likeness (QED) is 0.280. The van der Waals surface area contributed by atoms with E-state index in [4.69, 9.17) is 0 Å². The van der Waals surface area contributed by atoms with E-state index < -0.39 is 0 Å². The number of hydrogen-bond donors (Lipinski definition) is 0. The number of allylic oxidation sites excluding steroid dienone is 3. The van der Waals surface area contributed by atoms with E-state index in [0.29, 0.717) is 11.1 Å². The number of carbonyl (C=O) groups excluding carboxylic acids is 2. The molecule has 3 heteroatoms. The molecule has 1 fully saturated rings. The Morgan fingerprint density at radius 3 is 1.94 bits per heavy atom. The first-order valence-electron chi connectivity index (χ1n) is 11.7. The van der Waals surface area contributed by atoms with Crippen LogP contribution in [-0.2, 0) is 9.59 Å². The Kier molecular flexibility index (Phi) is 8.36. The first kappa shape index (κ1) is 27.4.